The Balaban J connectivity index is 1.56. The number of ether oxygens (including phenoxy) is 1. The summed E-state index contributed by atoms with van der Waals surface area (Å²) in [4.78, 5) is 56.4. The number of pyridine rings is 1. The molecular weight excluding hydrogens is 492 g/mol. The number of hydrogen-bond donors (Lipinski definition) is 3. The molecule has 2 aromatic rings. The van der Waals surface area contributed by atoms with Crippen LogP contribution in [0.1, 0.15) is 41.2 Å². The standard InChI is InChI=1S/C27H32N4O7/c1-38-16-19-13-20(19)18-14-22(17-5-3-2-4-6-17)28-23(15-18)25(34)29-21(7-8-24(32)33)26(35)30-9-11-31(12-10-30)27(36)37/h2-6,14-15,19-21H,7-13,16H2,1H3,(H,29,34)(H,32,33)(H,36,37)/t19?,20?,21-/m0/s1. The SMILES string of the molecule is COCC1CC1c1cc(C(=O)N[C@@H](CCC(=O)O)C(=O)N2CCN(C(=O)O)CC2)nc(-c2ccccc2)c1. The predicted octanol–water partition coefficient (Wildman–Crippen LogP) is 2.28. The van der Waals surface area contributed by atoms with Crippen LogP contribution in [0.25, 0.3) is 11.3 Å². The van der Waals surface area contributed by atoms with E-state index < -0.39 is 29.9 Å². The molecule has 3 amide bonds. The van der Waals surface area contributed by atoms with Gasteiger partial charge in [-0.05, 0) is 42.4 Å². The highest BCUT2D eigenvalue weighted by Crippen LogP contribution is 2.48. The largest absolute Gasteiger partial charge is 0.481 e. The third kappa shape index (κ3) is 6.65. The molecule has 4 rings (SSSR count). The highest BCUT2D eigenvalue weighted by molar-refractivity contribution is 5.97. The third-order valence-electron chi connectivity index (χ3n) is 6.99. The molecule has 0 bridgehead atoms. The molecule has 1 saturated heterocycles. The molecule has 11 nitrogen and oxygen atoms in total. The number of piperazine rings is 1. The van der Waals surface area contributed by atoms with E-state index in [1.807, 2.05) is 36.4 Å². The number of nitrogens with zero attached hydrogens (tertiary/aromatic N) is 3. The van der Waals surface area contributed by atoms with Gasteiger partial charge in [-0.1, -0.05) is 30.3 Å². The second-order valence-electron chi connectivity index (χ2n) is 9.65. The number of nitrogens with one attached hydrogen (secondary N) is 1. The van der Waals surface area contributed by atoms with E-state index in [4.69, 9.17) is 9.84 Å². The first-order chi connectivity index (χ1) is 18.3. The number of aliphatic carboxylic acids is 1. The fraction of sp³-hybridized carbons (Fsp3) is 0.444. The Morgan fingerprint density at radius 2 is 1.74 bits per heavy atom. The Labute approximate surface area is 220 Å². The van der Waals surface area contributed by atoms with Crippen molar-refractivity contribution >= 4 is 23.9 Å². The first kappa shape index (κ1) is 27.1. The summed E-state index contributed by atoms with van der Waals surface area (Å²) in [5, 5.41) is 21.1. The van der Waals surface area contributed by atoms with Crippen molar-refractivity contribution in [3.63, 3.8) is 0 Å². The van der Waals surface area contributed by atoms with Crippen molar-refractivity contribution < 1.29 is 34.1 Å². The molecular formula is C27H32N4O7. The van der Waals surface area contributed by atoms with Crippen LogP contribution in [0.5, 0.6) is 0 Å². The molecule has 1 aliphatic heterocycles. The van der Waals surface area contributed by atoms with E-state index in [2.05, 4.69) is 10.3 Å². The maximum absolute atomic E-state index is 13.4. The van der Waals surface area contributed by atoms with Crippen molar-refractivity contribution in [3.8, 4) is 11.3 Å². The molecule has 2 aliphatic rings. The van der Waals surface area contributed by atoms with Crippen LogP contribution in [0, 0.1) is 5.92 Å². The van der Waals surface area contributed by atoms with Crippen molar-refractivity contribution in [2.45, 2.75) is 31.2 Å². The van der Waals surface area contributed by atoms with Gasteiger partial charge in [0.05, 0.1) is 5.69 Å². The number of amides is 3. The van der Waals surface area contributed by atoms with Crippen molar-refractivity contribution in [1.29, 1.82) is 0 Å². The average molecular weight is 525 g/mol. The van der Waals surface area contributed by atoms with E-state index in [0.717, 1.165) is 17.5 Å². The van der Waals surface area contributed by atoms with Gasteiger partial charge in [0, 0.05) is 51.9 Å². The maximum Gasteiger partial charge on any atom is 0.407 e. The second-order valence-corrected chi connectivity index (χ2v) is 9.65. The molecule has 202 valence electrons. The number of carbonyl (C=O) groups is 4. The minimum Gasteiger partial charge on any atom is -0.481 e. The summed E-state index contributed by atoms with van der Waals surface area (Å²) in [6.07, 6.45) is -0.524. The molecule has 2 fully saturated rings. The highest BCUT2D eigenvalue weighted by atomic mass is 16.5. The van der Waals surface area contributed by atoms with E-state index in [9.17, 15) is 24.3 Å². The van der Waals surface area contributed by atoms with Gasteiger partial charge in [-0.3, -0.25) is 14.4 Å². The molecule has 0 radical (unpaired) electrons. The van der Waals surface area contributed by atoms with Gasteiger partial charge in [0.1, 0.15) is 11.7 Å². The Morgan fingerprint density at radius 3 is 2.37 bits per heavy atom. The molecule has 2 heterocycles. The molecule has 2 unspecified atom stereocenters. The summed E-state index contributed by atoms with van der Waals surface area (Å²) >= 11 is 0. The molecule has 1 aromatic carbocycles. The molecule has 0 spiro atoms. The van der Waals surface area contributed by atoms with Gasteiger partial charge in [0.15, 0.2) is 0 Å². The zero-order valence-corrected chi connectivity index (χ0v) is 21.2. The van der Waals surface area contributed by atoms with Gasteiger partial charge in [-0.2, -0.15) is 0 Å². The quantitative estimate of drug-likeness (QED) is 0.429. The minimum absolute atomic E-state index is 0.0944. The zero-order valence-electron chi connectivity index (χ0n) is 21.2. The summed E-state index contributed by atoms with van der Waals surface area (Å²) in [7, 11) is 1.66. The average Bonchev–Trinajstić information content (AvgIpc) is 3.70. The molecule has 1 aromatic heterocycles. The fourth-order valence-electron chi connectivity index (χ4n) is 4.79. The van der Waals surface area contributed by atoms with Crippen LogP contribution in [-0.4, -0.2) is 94.8 Å². The normalized spacial score (nSPS) is 19.5. The summed E-state index contributed by atoms with van der Waals surface area (Å²) < 4.78 is 5.29. The smallest absolute Gasteiger partial charge is 0.407 e. The van der Waals surface area contributed by atoms with Gasteiger partial charge in [0.2, 0.25) is 5.91 Å². The number of aromatic nitrogens is 1. The lowest BCUT2D eigenvalue weighted by Crippen LogP contribution is -2.55. The Bertz CT molecular complexity index is 1180. The fourth-order valence-corrected chi connectivity index (χ4v) is 4.79. The lowest BCUT2D eigenvalue weighted by Gasteiger charge is -2.35. The number of rotatable bonds is 10. The Morgan fingerprint density at radius 1 is 1.05 bits per heavy atom. The maximum atomic E-state index is 13.4. The van der Waals surface area contributed by atoms with Crippen molar-refractivity contribution in [2.75, 3.05) is 39.9 Å². The molecule has 11 heteroatoms. The lowest BCUT2D eigenvalue weighted by atomic mass is 10.0. The molecule has 1 saturated carbocycles. The van der Waals surface area contributed by atoms with Gasteiger partial charge < -0.3 is 30.1 Å². The minimum atomic E-state index is -1.09. The molecule has 3 atom stereocenters. The number of carboxylic acid groups (broad SMARTS) is 2. The van der Waals surface area contributed by atoms with Gasteiger partial charge in [0.25, 0.3) is 5.91 Å². The van der Waals surface area contributed by atoms with E-state index in [1.54, 1.807) is 13.2 Å². The summed E-state index contributed by atoms with van der Waals surface area (Å²) in [5.74, 6) is -1.50. The monoisotopic (exact) mass is 524 g/mol. The van der Waals surface area contributed by atoms with Gasteiger partial charge >= 0.3 is 12.1 Å². The third-order valence-corrected chi connectivity index (χ3v) is 6.99. The predicted molar refractivity (Wildman–Crippen MR) is 137 cm³/mol. The zero-order chi connectivity index (χ0) is 27.2. The number of carboxylic acids is 1. The van der Waals surface area contributed by atoms with E-state index in [-0.39, 0.29) is 50.6 Å². The molecule has 1 aliphatic carbocycles. The highest BCUT2D eigenvalue weighted by Gasteiger charge is 2.39. The van der Waals surface area contributed by atoms with Crippen molar-refractivity contribution in [2.24, 2.45) is 5.92 Å². The van der Waals surface area contributed by atoms with Crippen LogP contribution in [0.3, 0.4) is 0 Å². The van der Waals surface area contributed by atoms with Crippen LogP contribution in [0.15, 0.2) is 42.5 Å². The number of hydrogen-bond acceptors (Lipinski definition) is 6. The summed E-state index contributed by atoms with van der Waals surface area (Å²) in [6, 6.07) is 12.1. The van der Waals surface area contributed by atoms with E-state index in [0.29, 0.717) is 18.2 Å². The van der Waals surface area contributed by atoms with E-state index in [1.165, 1.54) is 9.80 Å². The number of benzene rings is 1. The Kier molecular flexibility index (Phi) is 8.57. The number of carbonyl (C=O) groups excluding carboxylic acids is 2. The van der Waals surface area contributed by atoms with Gasteiger partial charge in [-0.25, -0.2) is 9.78 Å². The van der Waals surface area contributed by atoms with Crippen molar-refractivity contribution in [3.05, 3.63) is 53.7 Å². The van der Waals surface area contributed by atoms with Crippen LogP contribution >= 0.6 is 0 Å². The first-order valence-corrected chi connectivity index (χ1v) is 12.6. The molecule has 38 heavy (non-hydrogen) atoms. The van der Waals surface area contributed by atoms with Crippen LogP contribution in [0.2, 0.25) is 0 Å². The van der Waals surface area contributed by atoms with Crippen LogP contribution in [-0.2, 0) is 14.3 Å². The van der Waals surface area contributed by atoms with E-state index >= 15 is 0 Å². The Hall–Kier alpha value is -3.99. The molecule has 3 N–H and O–H groups in total. The van der Waals surface area contributed by atoms with Crippen LogP contribution in [0.4, 0.5) is 4.79 Å². The number of methoxy groups -OCH3 is 1. The lowest BCUT2D eigenvalue weighted by molar-refractivity contribution is -0.138. The van der Waals surface area contributed by atoms with Gasteiger partial charge in [-0.15, -0.1) is 0 Å². The topological polar surface area (TPSA) is 149 Å². The van der Waals surface area contributed by atoms with Crippen molar-refractivity contribution in [1.82, 2.24) is 20.1 Å². The van der Waals surface area contributed by atoms with Crippen LogP contribution < -0.4 is 5.32 Å². The first-order valence-electron chi connectivity index (χ1n) is 12.6. The summed E-state index contributed by atoms with van der Waals surface area (Å²) in [5.41, 5.74) is 2.59. The summed E-state index contributed by atoms with van der Waals surface area (Å²) in [6.45, 7) is 1.25. The second kappa shape index (κ2) is 12.0.